The minimum absolute atomic E-state index is 0.0764. The Bertz CT molecular complexity index is 665. The highest BCUT2D eigenvalue weighted by Gasteiger charge is 2.26. The minimum atomic E-state index is 0.0764. The first-order chi connectivity index (χ1) is 10.7. The molecule has 0 aliphatic carbocycles. The maximum atomic E-state index is 12.7. The van der Waals surface area contributed by atoms with Gasteiger partial charge in [0.05, 0.1) is 13.3 Å². The van der Waals surface area contributed by atoms with Crippen molar-refractivity contribution >= 4 is 5.91 Å². The van der Waals surface area contributed by atoms with Crippen molar-refractivity contribution in [3.63, 3.8) is 0 Å². The molecule has 0 N–H and O–H groups in total. The lowest BCUT2D eigenvalue weighted by molar-refractivity contribution is 0.0706. The van der Waals surface area contributed by atoms with Crippen LogP contribution in [0.4, 0.5) is 0 Å². The molecule has 0 saturated carbocycles. The molecular weight excluding hydrogens is 278 g/mol. The highest BCUT2D eigenvalue weighted by atomic mass is 16.5. The molecule has 22 heavy (non-hydrogen) atoms. The first kappa shape index (κ1) is 14.6. The van der Waals surface area contributed by atoms with Gasteiger partial charge in [-0.15, -0.1) is 0 Å². The molecule has 5 nitrogen and oxygen atoms in total. The quantitative estimate of drug-likeness (QED) is 0.874. The molecule has 0 radical (unpaired) electrons. The zero-order valence-electron chi connectivity index (χ0n) is 13.0. The van der Waals surface area contributed by atoms with Gasteiger partial charge in [-0.05, 0) is 36.6 Å². The fourth-order valence-corrected chi connectivity index (χ4v) is 3.02. The number of aryl methyl sites for hydroxylation is 1. The van der Waals surface area contributed by atoms with Crippen LogP contribution in [0.2, 0.25) is 0 Å². The fourth-order valence-electron chi connectivity index (χ4n) is 3.02. The highest BCUT2D eigenvalue weighted by molar-refractivity contribution is 5.94. The molecular formula is C17H21N3O2. The second-order valence-electron chi connectivity index (χ2n) is 5.77. The smallest absolute Gasteiger partial charge is 0.254 e. The van der Waals surface area contributed by atoms with E-state index in [0.717, 1.165) is 25.9 Å². The van der Waals surface area contributed by atoms with Crippen molar-refractivity contribution in [2.75, 3.05) is 20.2 Å². The lowest BCUT2D eigenvalue weighted by Gasteiger charge is -2.32. The number of aromatic nitrogens is 2. The van der Waals surface area contributed by atoms with Gasteiger partial charge < -0.3 is 9.64 Å². The van der Waals surface area contributed by atoms with Crippen LogP contribution >= 0.6 is 0 Å². The molecule has 1 aliphatic rings. The number of likely N-dealkylation sites (tertiary alicyclic amines) is 1. The van der Waals surface area contributed by atoms with Gasteiger partial charge in [0, 0.05) is 37.8 Å². The largest absolute Gasteiger partial charge is 0.497 e. The molecule has 3 rings (SSSR count). The van der Waals surface area contributed by atoms with Gasteiger partial charge in [0.15, 0.2) is 0 Å². The molecule has 2 heterocycles. The number of benzene rings is 1. The summed E-state index contributed by atoms with van der Waals surface area (Å²) in [5.74, 6) is 1.16. The predicted molar refractivity (Wildman–Crippen MR) is 84.1 cm³/mol. The maximum absolute atomic E-state index is 12.7. The molecule has 1 aromatic heterocycles. The van der Waals surface area contributed by atoms with Crippen molar-refractivity contribution < 1.29 is 9.53 Å². The summed E-state index contributed by atoms with van der Waals surface area (Å²) in [5.41, 5.74) is 1.90. The van der Waals surface area contributed by atoms with Crippen molar-refractivity contribution in [1.82, 2.24) is 14.7 Å². The van der Waals surface area contributed by atoms with Gasteiger partial charge in [0.25, 0.3) is 5.91 Å². The average molecular weight is 299 g/mol. The third-order valence-corrected chi connectivity index (χ3v) is 4.22. The van der Waals surface area contributed by atoms with E-state index in [1.165, 1.54) is 5.56 Å². The monoisotopic (exact) mass is 299 g/mol. The third-order valence-electron chi connectivity index (χ3n) is 4.22. The van der Waals surface area contributed by atoms with E-state index < -0.39 is 0 Å². The standard InChI is InChI=1S/C17H21N3O2/c1-19-11-15(10-18-19)14-6-4-8-20(12-14)17(21)13-5-3-7-16(9-13)22-2/h3,5,7,9-11,14H,4,6,8,12H2,1-2H3. The van der Waals surface area contributed by atoms with Crippen molar-refractivity contribution in [1.29, 1.82) is 0 Å². The molecule has 1 fully saturated rings. The number of carbonyl (C=O) groups is 1. The predicted octanol–water partition coefficient (Wildman–Crippen LogP) is 2.45. The number of methoxy groups -OCH3 is 1. The van der Waals surface area contributed by atoms with Crippen LogP contribution in [-0.2, 0) is 7.05 Å². The van der Waals surface area contributed by atoms with Crippen molar-refractivity contribution in [3.05, 3.63) is 47.8 Å². The summed E-state index contributed by atoms with van der Waals surface area (Å²) in [4.78, 5) is 14.6. The topological polar surface area (TPSA) is 47.4 Å². The van der Waals surface area contributed by atoms with Crippen LogP contribution in [0, 0.1) is 0 Å². The molecule has 1 atom stereocenters. The summed E-state index contributed by atoms with van der Waals surface area (Å²) in [6, 6.07) is 7.36. The Kier molecular flexibility index (Phi) is 4.13. The van der Waals surface area contributed by atoms with Crippen LogP contribution in [0.15, 0.2) is 36.7 Å². The Balaban J connectivity index is 1.75. The number of rotatable bonds is 3. The average Bonchev–Trinajstić information content (AvgIpc) is 3.01. The van der Waals surface area contributed by atoms with Crippen LogP contribution in [0.25, 0.3) is 0 Å². The number of ether oxygens (including phenoxy) is 1. The highest BCUT2D eigenvalue weighted by Crippen LogP contribution is 2.27. The number of piperidine rings is 1. The Hall–Kier alpha value is -2.30. The molecule has 1 amide bonds. The zero-order valence-corrected chi connectivity index (χ0v) is 13.0. The Morgan fingerprint density at radius 3 is 3.00 bits per heavy atom. The zero-order chi connectivity index (χ0) is 15.5. The molecule has 0 bridgehead atoms. The molecule has 2 aromatic rings. The maximum Gasteiger partial charge on any atom is 0.254 e. The second-order valence-corrected chi connectivity index (χ2v) is 5.77. The van der Waals surface area contributed by atoms with E-state index in [9.17, 15) is 4.79 Å². The number of carbonyl (C=O) groups excluding carboxylic acids is 1. The van der Waals surface area contributed by atoms with Gasteiger partial charge >= 0.3 is 0 Å². The Labute approximate surface area is 130 Å². The normalized spacial score (nSPS) is 18.3. The van der Waals surface area contributed by atoms with Crippen molar-refractivity contribution in [2.24, 2.45) is 7.05 Å². The van der Waals surface area contributed by atoms with Gasteiger partial charge in [-0.2, -0.15) is 5.10 Å². The van der Waals surface area contributed by atoms with Gasteiger partial charge in [-0.3, -0.25) is 9.48 Å². The van der Waals surface area contributed by atoms with E-state index in [4.69, 9.17) is 4.74 Å². The summed E-state index contributed by atoms with van der Waals surface area (Å²) < 4.78 is 7.02. The lowest BCUT2D eigenvalue weighted by atomic mass is 9.92. The molecule has 1 unspecified atom stereocenters. The number of nitrogens with zero attached hydrogens (tertiary/aromatic N) is 3. The Morgan fingerprint density at radius 2 is 2.27 bits per heavy atom. The number of hydrogen-bond donors (Lipinski definition) is 0. The van der Waals surface area contributed by atoms with E-state index in [2.05, 4.69) is 5.10 Å². The summed E-state index contributed by atoms with van der Waals surface area (Å²) in [6.07, 6.45) is 6.08. The fraction of sp³-hybridized carbons (Fsp3) is 0.412. The first-order valence-electron chi connectivity index (χ1n) is 7.59. The molecule has 116 valence electrons. The van der Waals surface area contributed by atoms with E-state index >= 15 is 0 Å². The van der Waals surface area contributed by atoms with E-state index in [0.29, 0.717) is 17.2 Å². The first-order valence-corrected chi connectivity index (χ1v) is 7.59. The molecule has 1 saturated heterocycles. The number of hydrogen-bond acceptors (Lipinski definition) is 3. The lowest BCUT2D eigenvalue weighted by Crippen LogP contribution is -2.39. The summed E-state index contributed by atoms with van der Waals surface area (Å²) >= 11 is 0. The van der Waals surface area contributed by atoms with Crippen LogP contribution in [0.3, 0.4) is 0 Å². The van der Waals surface area contributed by atoms with Crippen molar-refractivity contribution in [3.8, 4) is 5.75 Å². The summed E-state index contributed by atoms with van der Waals surface area (Å²) in [6.45, 7) is 1.56. The molecule has 1 aromatic carbocycles. The third kappa shape index (κ3) is 2.98. The van der Waals surface area contributed by atoms with Crippen LogP contribution < -0.4 is 4.74 Å². The van der Waals surface area contributed by atoms with Gasteiger partial charge in [-0.25, -0.2) is 0 Å². The Morgan fingerprint density at radius 1 is 1.41 bits per heavy atom. The molecule has 5 heteroatoms. The van der Waals surface area contributed by atoms with Gasteiger partial charge in [0.1, 0.15) is 5.75 Å². The summed E-state index contributed by atoms with van der Waals surface area (Å²) in [5, 5.41) is 4.24. The van der Waals surface area contributed by atoms with E-state index in [1.807, 2.05) is 47.2 Å². The SMILES string of the molecule is COc1cccc(C(=O)N2CCCC(c3cnn(C)c3)C2)c1. The van der Waals surface area contributed by atoms with E-state index in [1.54, 1.807) is 13.2 Å². The van der Waals surface area contributed by atoms with Crippen molar-refractivity contribution in [2.45, 2.75) is 18.8 Å². The minimum Gasteiger partial charge on any atom is -0.497 e. The summed E-state index contributed by atoms with van der Waals surface area (Å²) in [7, 11) is 3.54. The second kappa shape index (κ2) is 6.22. The molecule has 1 aliphatic heterocycles. The van der Waals surface area contributed by atoms with E-state index in [-0.39, 0.29) is 5.91 Å². The van der Waals surface area contributed by atoms with Gasteiger partial charge in [0.2, 0.25) is 0 Å². The number of amides is 1. The van der Waals surface area contributed by atoms with Gasteiger partial charge in [-0.1, -0.05) is 6.07 Å². The molecule has 0 spiro atoms. The van der Waals surface area contributed by atoms with Crippen LogP contribution in [0.5, 0.6) is 5.75 Å². The van der Waals surface area contributed by atoms with Crippen LogP contribution in [-0.4, -0.2) is 40.8 Å². The van der Waals surface area contributed by atoms with Crippen LogP contribution in [0.1, 0.15) is 34.7 Å².